The van der Waals surface area contributed by atoms with Crippen molar-refractivity contribution in [2.45, 2.75) is 20.4 Å². The molecule has 1 aromatic heterocycles. The molecule has 0 radical (unpaired) electrons. The number of carbonyl (C=O) groups is 1. The number of aromatic nitrogens is 1. The van der Waals surface area contributed by atoms with Gasteiger partial charge in [-0.05, 0) is 55.8 Å². The van der Waals surface area contributed by atoms with Crippen LogP contribution in [0, 0.1) is 0 Å². The zero-order valence-electron chi connectivity index (χ0n) is 14.3. The second-order valence-corrected chi connectivity index (χ2v) is 6.84. The molecule has 3 aromatic rings. The number of benzene rings is 2. The van der Waals surface area contributed by atoms with Crippen LogP contribution in [-0.2, 0) is 6.54 Å². The predicted molar refractivity (Wildman–Crippen MR) is 102 cm³/mol. The van der Waals surface area contributed by atoms with Crippen LogP contribution in [-0.4, -0.2) is 17.5 Å². The summed E-state index contributed by atoms with van der Waals surface area (Å²) in [6, 6.07) is 13.3. The molecule has 0 aliphatic rings. The Labute approximate surface area is 151 Å². The van der Waals surface area contributed by atoms with Crippen molar-refractivity contribution in [1.82, 2.24) is 10.3 Å². The van der Waals surface area contributed by atoms with Gasteiger partial charge in [-0.2, -0.15) is 0 Å². The first kappa shape index (κ1) is 17.2. The lowest BCUT2D eigenvalue weighted by molar-refractivity contribution is 0.0951. The SMILES string of the molecule is CC(C)=CCOc1cccc(CNC(=O)c2ccc3ncsc3c2)c1. The van der Waals surface area contributed by atoms with Gasteiger partial charge >= 0.3 is 0 Å². The molecule has 2 aromatic carbocycles. The minimum Gasteiger partial charge on any atom is -0.490 e. The lowest BCUT2D eigenvalue weighted by Gasteiger charge is -2.08. The number of nitrogens with one attached hydrogen (secondary N) is 1. The van der Waals surface area contributed by atoms with Gasteiger partial charge in [-0.3, -0.25) is 4.79 Å². The number of nitrogens with zero attached hydrogens (tertiary/aromatic N) is 1. The normalized spacial score (nSPS) is 10.5. The lowest BCUT2D eigenvalue weighted by atomic mass is 10.2. The first-order chi connectivity index (χ1) is 12.1. The van der Waals surface area contributed by atoms with Crippen molar-refractivity contribution in [2.75, 3.05) is 6.61 Å². The molecule has 25 heavy (non-hydrogen) atoms. The molecule has 0 fully saturated rings. The molecule has 5 heteroatoms. The molecule has 4 nitrogen and oxygen atoms in total. The fraction of sp³-hybridized carbons (Fsp3) is 0.200. The van der Waals surface area contributed by atoms with Crippen LogP contribution in [0.5, 0.6) is 5.75 Å². The molecule has 0 saturated heterocycles. The minimum atomic E-state index is -0.0915. The van der Waals surface area contributed by atoms with Crippen molar-refractivity contribution in [3.63, 3.8) is 0 Å². The third-order valence-electron chi connectivity index (χ3n) is 3.69. The molecule has 0 atom stereocenters. The summed E-state index contributed by atoms with van der Waals surface area (Å²) in [5.74, 6) is 0.710. The Balaban J connectivity index is 1.60. The maximum absolute atomic E-state index is 12.3. The summed E-state index contributed by atoms with van der Waals surface area (Å²) in [5, 5.41) is 2.95. The Morgan fingerprint density at radius 1 is 1.24 bits per heavy atom. The molecule has 1 N–H and O–H groups in total. The van der Waals surface area contributed by atoms with Crippen molar-refractivity contribution >= 4 is 27.5 Å². The molecule has 0 saturated carbocycles. The zero-order valence-corrected chi connectivity index (χ0v) is 15.1. The highest BCUT2D eigenvalue weighted by Crippen LogP contribution is 2.19. The van der Waals surface area contributed by atoms with E-state index in [9.17, 15) is 4.79 Å². The van der Waals surface area contributed by atoms with Crippen molar-refractivity contribution in [2.24, 2.45) is 0 Å². The monoisotopic (exact) mass is 352 g/mol. The van der Waals surface area contributed by atoms with Gasteiger partial charge in [0.25, 0.3) is 5.91 Å². The van der Waals surface area contributed by atoms with E-state index in [1.54, 1.807) is 11.6 Å². The van der Waals surface area contributed by atoms with E-state index in [1.807, 2.05) is 56.3 Å². The van der Waals surface area contributed by atoms with Crippen LogP contribution < -0.4 is 10.1 Å². The number of thiazole rings is 1. The number of allylic oxidation sites excluding steroid dienone is 1. The van der Waals surface area contributed by atoms with E-state index in [-0.39, 0.29) is 5.91 Å². The third kappa shape index (κ3) is 4.67. The number of hydrogen-bond donors (Lipinski definition) is 1. The summed E-state index contributed by atoms with van der Waals surface area (Å²) in [5.41, 5.74) is 5.58. The maximum atomic E-state index is 12.3. The van der Waals surface area contributed by atoms with Gasteiger partial charge in [0.15, 0.2) is 0 Å². The van der Waals surface area contributed by atoms with Crippen molar-refractivity contribution < 1.29 is 9.53 Å². The van der Waals surface area contributed by atoms with E-state index in [2.05, 4.69) is 10.3 Å². The van der Waals surface area contributed by atoms with Crippen LogP contribution in [0.2, 0.25) is 0 Å². The lowest BCUT2D eigenvalue weighted by Crippen LogP contribution is -2.22. The van der Waals surface area contributed by atoms with Crippen LogP contribution in [0.25, 0.3) is 10.2 Å². The fourth-order valence-corrected chi connectivity index (χ4v) is 3.05. The summed E-state index contributed by atoms with van der Waals surface area (Å²) in [7, 11) is 0. The number of amides is 1. The maximum Gasteiger partial charge on any atom is 0.251 e. The van der Waals surface area contributed by atoms with Crippen LogP contribution in [0.4, 0.5) is 0 Å². The first-order valence-electron chi connectivity index (χ1n) is 8.08. The highest BCUT2D eigenvalue weighted by Gasteiger charge is 2.07. The largest absolute Gasteiger partial charge is 0.490 e. The molecular weight excluding hydrogens is 332 g/mol. The smallest absolute Gasteiger partial charge is 0.251 e. The molecule has 128 valence electrons. The molecular formula is C20H20N2O2S. The van der Waals surface area contributed by atoms with Crippen LogP contribution in [0.3, 0.4) is 0 Å². The number of fused-ring (bicyclic) bond motifs is 1. The zero-order chi connectivity index (χ0) is 17.6. The average molecular weight is 352 g/mol. The molecule has 0 spiro atoms. The second-order valence-electron chi connectivity index (χ2n) is 5.96. The molecule has 1 heterocycles. The minimum absolute atomic E-state index is 0.0915. The van der Waals surface area contributed by atoms with Gasteiger partial charge in [0.05, 0.1) is 15.7 Å². The standard InChI is InChI=1S/C20H20N2O2S/c1-14(2)8-9-24-17-5-3-4-15(10-17)12-21-20(23)16-6-7-18-19(11-16)25-13-22-18/h3-8,10-11,13H,9,12H2,1-2H3,(H,21,23). The van der Waals surface area contributed by atoms with E-state index in [0.717, 1.165) is 21.5 Å². The molecule has 0 bridgehead atoms. The fourth-order valence-electron chi connectivity index (χ4n) is 2.33. The van der Waals surface area contributed by atoms with Gasteiger partial charge in [0.1, 0.15) is 12.4 Å². The Kier molecular flexibility index (Phi) is 5.46. The van der Waals surface area contributed by atoms with Crippen LogP contribution >= 0.6 is 11.3 Å². The van der Waals surface area contributed by atoms with E-state index >= 15 is 0 Å². The van der Waals surface area contributed by atoms with Gasteiger partial charge in [0.2, 0.25) is 0 Å². The average Bonchev–Trinajstić information content (AvgIpc) is 3.07. The highest BCUT2D eigenvalue weighted by atomic mass is 32.1. The third-order valence-corrected chi connectivity index (χ3v) is 4.48. The number of ether oxygens (including phenoxy) is 1. The van der Waals surface area contributed by atoms with E-state index in [1.165, 1.54) is 16.9 Å². The quantitative estimate of drug-likeness (QED) is 0.661. The van der Waals surface area contributed by atoms with Gasteiger partial charge in [-0.25, -0.2) is 4.98 Å². The van der Waals surface area contributed by atoms with Crippen molar-refractivity contribution in [3.8, 4) is 5.75 Å². The molecule has 0 aliphatic carbocycles. The van der Waals surface area contributed by atoms with E-state index in [4.69, 9.17) is 4.74 Å². The topological polar surface area (TPSA) is 51.2 Å². The van der Waals surface area contributed by atoms with E-state index in [0.29, 0.717) is 18.7 Å². The first-order valence-corrected chi connectivity index (χ1v) is 8.96. The van der Waals surface area contributed by atoms with Gasteiger partial charge < -0.3 is 10.1 Å². The summed E-state index contributed by atoms with van der Waals surface area (Å²) < 4.78 is 6.71. The summed E-state index contributed by atoms with van der Waals surface area (Å²) >= 11 is 1.53. The Bertz CT molecular complexity index is 911. The van der Waals surface area contributed by atoms with Crippen molar-refractivity contribution in [3.05, 3.63) is 70.8 Å². The molecule has 0 unspecified atom stereocenters. The number of hydrogen-bond acceptors (Lipinski definition) is 4. The summed E-state index contributed by atoms with van der Waals surface area (Å²) in [6.07, 6.45) is 2.03. The summed E-state index contributed by atoms with van der Waals surface area (Å²) in [6.45, 7) is 5.09. The second kappa shape index (κ2) is 7.94. The molecule has 1 amide bonds. The number of rotatable bonds is 6. The highest BCUT2D eigenvalue weighted by molar-refractivity contribution is 7.16. The van der Waals surface area contributed by atoms with Crippen LogP contribution in [0.15, 0.2) is 59.6 Å². The molecule has 3 rings (SSSR count). The Hall–Kier alpha value is -2.66. The predicted octanol–water partition coefficient (Wildman–Crippen LogP) is 4.57. The Morgan fingerprint density at radius 3 is 2.96 bits per heavy atom. The molecule has 0 aliphatic heterocycles. The summed E-state index contributed by atoms with van der Waals surface area (Å²) in [4.78, 5) is 16.6. The van der Waals surface area contributed by atoms with Gasteiger partial charge in [-0.15, -0.1) is 11.3 Å². The van der Waals surface area contributed by atoms with Gasteiger partial charge in [-0.1, -0.05) is 17.7 Å². The van der Waals surface area contributed by atoms with E-state index < -0.39 is 0 Å². The van der Waals surface area contributed by atoms with Crippen molar-refractivity contribution in [1.29, 1.82) is 0 Å². The number of carbonyl (C=O) groups excluding carboxylic acids is 1. The van der Waals surface area contributed by atoms with Gasteiger partial charge in [0, 0.05) is 12.1 Å². The van der Waals surface area contributed by atoms with Crippen LogP contribution in [0.1, 0.15) is 29.8 Å². The Morgan fingerprint density at radius 2 is 2.12 bits per heavy atom.